The van der Waals surface area contributed by atoms with Gasteiger partial charge in [-0.05, 0) is 21.5 Å². The number of alkyl halides is 5. The average molecular weight is 331 g/mol. The van der Waals surface area contributed by atoms with Crippen molar-refractivity contribution in [1.82, 2.24) is 0 Å². The van der Waals surface area contributed by atoms with Gasteiger partial charge in [0.05, 0.1) is 13.2 Å². The van der Waals surface area contributed by atoms with Crippen LogP contribution in [-0.2, 0) is 11.3 Å². The van der Waals surface area contributed by atoms with Gasteiger partial charge in [-0.15, -0.1) is 0 Å². The predicted octanol–water partition coefficient (Wildman–Crippen LogP) is 3.19. The average Bonchev–Trinajstić information content (AvgIpc) is 2.28. The van der Waals surface area contributed by atoms with Gasteiger partial charge in [0.2, 0.25) is 0 Å². The van der Waals surface area contributed by atoms with Gasteiger partial charge >= 0.3 is 10.8 Å². The summed E-state index contributed by atoms with van der Waals surface area (Å²) in [4.78, 5) is -4.48. The molecule has 1 atom stereocenters. The summed E-state index contributed by atoms with van der Waals surface area (Å²) in [5.41, 5.74) is 0.693. The Hall–Kier alpha value is -0.660. The highest BCUT2D eigenvalue weighted by Crippen LogP contribution is 2.41. The fourth-order valence-electron chi connectivity index (χ4n) is 1.16. The number of rotatable bonds is 6. The van der Waals surface area contributed by atoms with Gasteiger partial charge in [-0.3, -0.25) is 0 Å². The van der Waals surface area contributed by atoms with Crippen molar-refractivity contribution in [3.8, 4) is 0 Å². The van der Waals surface area contributed by atoms with E-state index in [1.165, 1.54) is 15.9 Å². The summed E-state index contributed by atoms with van der Waals surface area (Å²) in [6.07, 6.45) is -2.59. The lowest BCUT2D eigenvalue weighted by Gasteiger charge is -2.26. The first-order valence-electron chi connectivity index (χ1n) is 4.99. The van der Waals surface area contributed by atoms with Gasteiger partial charge in [0.15, 0.2) is 0 Å². The van der Waals surface area contributed by atoms with Gasteiger partial charge in [0, 0.05) is 0 Å². The Bertz CT molecular complexity index is 367. The first-order valence-corrected chi connectivity index (χ1v) is 5.78. The van der Waals surface area contributed by atoms with Crippen molar-refractivity contribution in [2.75, 3.05) is 6.61 Å². The molecule has 1 unspecified atom stereocenters. The van der Waals surface area contributed by atoms with E-state index in [0.29, 0.717) is 5.56 Å². The van der Waals surface area contributed by atoms with E-state index >= 15 is 0 Å². The normalized spacial score (nSPS) is 14.6. The summed E-state index contributed by atoms with van der Waals surface area (Å²) in [5, 5.41) is 9.01. The molecular formula is C11H11BrF4O2. The largest absolute Gasteiger partial charge is 0.384 e. The number of hydrogen-bond donors (Lipinski definition) is 1. The second-order valence-corrected chi connectivity index (χ2v) is 4.63. The van der Waals surface area contributed by atoms with Gasteiger partial charge in [0.1, 0.15) is 6.10 Å². The summed E-state index contributed by atoms with van der Waals surface area (Å²) in [6.45, 7) is -0.926. The van der Waals surface area contributed by atoms with E-state index < -0.39 is 23.5 Å². The Kier molecular flexibility index (Phi) is 5.12. The fourth-order valence-corrected chi connectivity index (χ4v) is 1.42. The summed E-state index contributed by atoms with van der Waals surface area (Å²) < 4.78 is 55.5. The minimum absolute atomic E-state index is 0.0398. The van der Waals surface area contributed by atoms with Crippen LogP contribution >= 0.6 is 15.9 Å². The zero-order valence-electron chi connectivity index (χ0n) is 9.12. The third-order valence-electron chi connectivity index (χ3n) is 2.18. The number of halogens is 5. The monoisotopic (exact) mass is 330 g/mol. The van der Waals surface area contributed by atoms with Gasteiger partial charge in [-0.1, -0.05) is 30.3 Å². The Labute approximate surface area is 110 Å². The molecule has 0 saturated carbocycles. The van der Waals surface area contributed by atoms with Gasteiger partial charge < -0.3 is 9.84 Å². The van der Waals surface area contributed by atoms with Crippen molar-refractivity contribution >= 4 is 15.9 Å². The van der Waals surface area contributed by atoms with Crippen molar-refractivity contribution in [1.29, 1.82) is 0 Å². The molecular weight excluding hydrogens is 320 g/mol. The van der Waals surface area contributed by atoms with Gasteiger partial charge in [-0.25, -0.2) is 0 Å². The molecule has 0 amide bonds. The SMILES string of the molecule is OC(COCc1ccccc1)C(F)(F)C(F)(F)Br. The molecule has 7 heteroatoms. The summed E-state index contributed by atoms with van der Waals surface area (Å²) in [5.74, 6) is -4.59. The topological polar surface area (TPSA) is 29.5 Å². The fraction of sp³-hybridized carbons (Fsp3) is 0.455. The highest BCUT2D eigenvalue weighted by atomic mass is 79.9. The lowest BCUT2D eigenvalue weighted by Crippen LogP contribution is -2.48. The molecule has 0 aliphatic rings. The highest BCUT2D eigenvalue weighted by Gasteiger charge is 2.59. The van der Waals surface area contributed by atoms with Crippen LogP contribution in [0.4, 0.5) is 17.6 Å². The third kappa shape index (κ3) is 3.93. The van der Waals surface area contributed by atoms with E-state index in [1.807, 2.05) is 0 Å². The minimum atomic E-state index is -4.59. The van der Waals surface area contributed by atoms with Crippen LogP contribution in [-0.4, -0.2) is 28.6 Å². The summed E-state index contributed by atoms with van der Waals surface area (Å²) >= 11 is 1.54. The van der Waals surface area contributed by atoms with Crippen LogP contribution in [0.1, 0.15) is 5.56 Å². The summed E-state index contributed by atoms with van der Waals surface area (Å²) in [6, 6.07) is 8.57. The van der Waals surface area contributed by atoms with E-state index in [1.54, 1.807) is 30.3 Å². The standard InChI is InChI=1S/C11H11BrF4O2/c12-11(15,16)10(13,14)9(17)7-18-6-8-4-2-1-3-5-8/h1-5,9,17H,6-7H2. The molecule has 0 aromatic heterocycles. The molecule has 1 aromatic rings. The first kappa shape index (κ1) is 15.4. The number of aliphatic hydroxyl groups is 1. The maximum atomic E-state index is 12.9. The van der Waals surface area contributed by atoms with Crippen molar-refractivity contribution in [2.45, 2.75) is 23.5 Å². The van der Waals surface area contributed by atoms with Crippen LogP contribution in [0.3, 0.4) is 0 Å². The Morgan fingerprint density at radius 2 is 1.72 bits per heavy atom. The van der Waals surface area contributed by atoms with E-state index in [2.05, 4.69) is 0 Å². The van der Waals surface area contributed by atoms with Crippen LogP contribution in [0.25, 0.3) is 0 Å². The first-order chi connectivity index (χ1) is 8.25. The van der Waals surface area contributed by atoms with Gasteiger partial charge in [-0.2, -0.15) is 17.6 Å². The van der Waals surface area contributed by atoms with Gasteiger partial charge in [0.25, 0.3) is 0 Å². The Morgan fingerprint density at radius 3 is 2.22 bits per heavy atom. The van der Waals surface area contributed by atoms with E-state index in [-0.39, 0.29) is 6.61 Å². The van der Waals surface area contributed by atoms with Crippen LogP contribution in [0.15, 0.2) is 30.3 Å². The lowest BCUT2D eigenvalue weighted by atomic mass is 10.2. The molecule has 1 N–H and O–H groups in total. The molecule has 1 rings (SSSR count). The summed E-state index contributed by atoms with van der Waals surface area (Å²) in [7, 11) is 0. The number of aliphatic hydroxyl groups excluding tert-OH is 1. The van der Waals surface area contributed by atoms with Crippen molar-refractivity contribution in [2.24, 2.45) is 0 Å². The number of hydrogen-bond acceptors (Lipinski definition) is 2. The molecule has 2 nitrogen and oxygen atoms in total. The zero-order chi connectivity index (χ0) is 13.8. The van der Waals surface area contributed by atoms with E-state index in [9.17, 15) is 17.6 Å². The van der Waals surface area contributed by atoms with E-state index in [4.69, 9.17) is 9.84 Å². The maximum Gasteiger partial charge on any atom is 0.366 e. The Balaban J connectivity index is 2.45. The maximum absolute atomic E-state index is 12.9. The second kappa shape index (κ2) is 5.99. The lowest BCUT2D eigenvalue weighted by molar-refractivity contribution is -0.217. The molecule has 0 aliphatic carbocycles. The third-order valence-corrected chi connectivity index (χ3v) is 2.71. The van der Waals surface area contributed by atoms with Crippen molar-refractivity contribution < 1.29 is 27.4 Å². The quantitative estimate of drug-likeness (QED) is 0.641. The molecule has 0 heterocycles. The second-order valence-electron chi connectivity index (χ2n) is 3.64. The zero-order valence-corrected chi connectivity index (χ0v) is 10.7. The molecule has 0 radical (unpaired) electrons. The highest BCUT2D eigenvalue weighted by molar-refractivity contribution is 9.10. The molecule has 0 saturated heterocycles. The molecule has 18 heavy (non-hydrogen) atoms. The predicted molar refractivity (Wildman–Crippen MR) is 60.9 cm³/mol. The number of benzene rings is 1. The van der Waals surface area contributed by atoms with Crippen LogP contribution < -0.4 is 0 Å². The molecule has 0 fully saturated rings. The van der Waals surface area contributed by atoms with Crippen molar-refractivity contribution in [3.63, 3.8) is 0 Å². The molecule has 0 spiro atoms. The molecule has 1 aromatic carbocycles. The van der Waals surface area contributed by atoms with E-state index in [0.717, 1.165) is 0 Å². The Morgan fingerprint density at radius 1 is 1.17 bits per heavy atom. The van der Waals surface area contributed by atoms with Crippen LogP contribution in [0, 0.1) is 0 Å². The smallest absolute Gasteiger partial charge is 0.366 e. The molecule has 0 aliphatic heterocycles. The van der Waals surface area contributed by atoms with Crippen LogP contribution in [0.2, 0.25) is 0 Å². The molecule has 102 valence electrons. The molecule has 0 bridgehead atoms. The van der Waals surface area contributed by atoms with Crippen molar-refractivity contribution in [3.05, 3.63) is 35.9 Å². The van der Waals surface area contributed by atoms with Crippen LogP contribution in [0.5, 0.6) is 0 Å². The minimum Gasteiger partial charge on any atom is -0.384 e. The number of ether oxygens (including phenoxy) is 1.